The molecule has 24 heavy (non-hydrogen) atoms. The molecule has 1 aliphatic heterocycles. The Morgan fingerprint density at radius 3 is 2.54 bits per heavy atom. The lowest BCUT2D eigenvalue weighted by molar-refractivity contribution is 0.249. The molecule has 0 spiro atoms. The van der Waals surface area contributed by atoms with Crippen LogP contribution in [0, 0.1) is 6.92 Å². The average molecular weight is 361 g/mol. The van der Waals surface area contributed by atoms with E-state index >= 15 is 0 Å². The number of piperazine rings is 1. The second kappa shape index (κ2) is 7.47. The zero-order chi connectivity index (χ0) is 15.6. The van der Waals surface area contributed by atoms with Gasteiger partial charge in [-0.1, -0.05) is 30.3 Å². The minimum absolute atomic E-state index is 0. The van der Waals surface area contributed by atoms with E-state index in [2.05, 4.69) is 63.1 Å². The van der Waals surface area contributed by atoms with Crippen LogP contribution in [0.25, 0.3) is 10.2 Å². The highest BCUT2D eigenvalue weighted by molar-refractivity contribution is 7.18. The Bertz CT molecular complexity index is 797. The van der Waals surface area contributed by atoms with Gasteiger partial charge in [-0.05, 0) is 18.6 Å². The highest BCUT2D eigenvalue weighted by atomic mass is 35.5. The van der Waals surface area contributed by atoms with Gasteiger partial charge < -0.3 is 4.90 Å². The van der Waals surface area contributed by atoms with Crippen LogP contribution >= 0.6 is 23.7 Å². The molecule has 0 atom stereocenters. The number of nitrogens with zero attached hydrogens (tertiary/aromatic N) is 4. The van der Waals surface area contributed by atoms with E-state index in [1.165, 1.54) is 15.8 Å². The predicted octanol–water partition coefficient (Wildman–Crippen LogP) is 3.74. The molecule has 6 heteroatoms. The minimum Gasteiger partial charge on any atom is -0.353 e. The van der Waals surface area contributed by atoms with E-state index in [0.717, 1.165) is 43.4 Å². The Morgan fingerprint density at radius 1 is 1.04 bits per heavy atom. The molecule has 0 amide bonds. The quantitative estimate of drug-likeness (QED) is 0.712. The topological polar surface area (TPSA) is 32.3 Å². The summed E-state index contributed by atoms with van der Waals surface area (Å²) < 4.78 is 0. The molecule has 4 nitrogen and oxygen atoms in total. The number of fused-ring (bicyclic) bond motifs is 1. The summed E-state index contributed by atoms with van der Waals surface area (Å²) in [6.45, 7) is 7.36. The van der Waals surface area contributed by atoms with Gasteiger partial charge in [0.25, 0.3) is 0 Å². The number of hydrogen-bond acceptors (Lipinski definition) is 5. The van der Waals surface area contributed by atoms with Crippen LogP contribution in [0.15, 0.2) is 42.7 Å². The summed E-state index contributed by atoms with van der Waals surface area (Å²) in [7, 11) is 0. The molecule has 3 aromatic rings. The first kappa shape index (κ1) is 17.1. The summed E-state index contributed by atoms with van der Waals surface area (Å²) in [4.78, 5) is 16.3. The van der Waals surface area contributed by atoms with E-state index in [1.54, 1.807) is 17.7 Å². The Balaban J connectivity index is 0.00000169. The highest BCUT2D eigenvalue weighted by Crippen LogP contribution is 2.30. The first-order valence-corrected chi connectivity index (χ1v) is 8.83. The standard InChI is InChI=1S/C18H20N4S.ClH/c1-14-11-16-17(19-13-20-18(16)23-14)22-9-7-21(8-10-22)12-15-5-3-2-4-6-15;/h2-6,11,13H,7-10,12H2,1H3;1H. The Morgan fingerprint density at radius 2 is 1.79 bits per heavy atom. The molecule has 0 saturated carbocycles. The molecule has 1 aromatic carbocycles. The lowest BCUT2D eigenvalue weighted by atomic mass is 10.2. The normalized spacial score (nSPS) is 15.5. The van der Waals surface area contributed by atoms with Crippen LogP contribution in [0.1, 0.15) is 10.4 Å². The zero-order valence-electron chi connectivity index (χ0n) is 13.7. The maximum Gasteiger partial charge on any atom is 0.140 e. The largest absolute Gasteiger partial charge is 0.353 e. The molecule has 0 aliphatic carbocycles. The molecule has 2 aromatic heterocycles. The SMILES string of the molecule is Cc1cc2c(N3CCN(Cc4ccccc4)CC3)ncnc2s1.Cl. The first-order chi connectivity index (χ1) is 11.3. The molecule has 0 unspecified atom stereocenters. The molecular weight excluding hydrogens is 340 g/mol. The van der Waals surface area contributed by atoms with Crippen molar-refractivity contribution < 1.29 is 0 Å². The number of thiophene rings is 1. The van der Waals surface area contributed by atoms with Crippen molar-refractivity contribution in [2.75, 3.05) is 31.1 Å². The third-order valence-corrected chi connectivity index (χ3v) is 5.31. The number of rotatable bonds is 3. The van der Waals surface area contributed by atoms with Gasteiger partial charge in [-0.25, -0.2) is 9.97 Å². The molecule has 3 heterocycles. The average Bonchev–Trinajstić information content (AvgIpc) is 2.97. The zero-order valence-corrected chi connectivity index (χ0v) is 15.3. The number of aromatic nitrogens is 2. The summed E-state index contributed by atoms with van der Waals surface area (Å²) >= 11 is 1.74. The molecule has 1 aliphatic rings. The van der Waals surface area contributed by atoms with E-state index in [1.807, 2.05) is 0 Å². The van der Waals surface area contributed by atoms with Crippen LogP contribution in [0.5, 0.6) is 0 Å². The van der Waals surface area contributed by atoms with Crippen LogP contribution in [-0.4, -0.2) is 41.0 Å². The van der Waals surface area contributed by atoms with Gasteiger partial charge in [-0.3, -0.25) is 4.90 Å². The summed E-state index contributed by atoms with van der Waals surface area (Å²) in [6, 6.07) is 12.9. The van der Waals surface area contributed by atoms with Gasteiger partial charge in [0.15, 0.2) is 0 Å². The minimum atomic E-state index is 0. The Hall–Kier alpha value is -1.69. The molecule has 0 radical (unpaired) electrons. The van der Waals surface area contributed by atoms with E-state index < -0.39 is 0 Å². The molecule has 1 fully saturated rings. The fourth-order valence-corrected chi connectivity index (χ4v) is 4.02. The van der Waals surface area contributed by atoms with Gasteiger partial charge in [-0.2, -0.15) is 0 Å². The van der Waals surface area contributed by atoms with E-state index in [9.17, 15) is 0 Å². The fourth-order valence-electron chi connectivity index (χ4n) is 3.17. The third-order valence-electron chi connectivity index (χ3n) is 4.35. The molecule has 126 valence electrons. The van der Waals surface area contributed by atoms with Gasteiger partial charge in [0.05, 0.1) is 5.39 Å². The molecule has 0 N–H and O–H groups in total. The van der Waals surface area contributed by atoms with Gasteiger partial charge in [0.1, 0.15) is 17.0 Å². The maximum absolute atomic E-state index is 4.56. The Labute approximate surface area is 152 Å². The molecular formula is C18H21ClN4S. The van der Waals surface area contributed by atoms with E-state index in [-0.39, 0.29) is 12.4 Å². The fraction of sp³-hybridized carbons (Fsp3) is 0.333. The summed E-state index contributed by atoms with van der Waals surface area (Å²) in [5.41, 5.74) is 1.39. The number of benzene rings is 1. The summed E-state index contributed by atoms with van der Waals surface area (Å²) in [5, 5.41) is 1.20. The molecule has 0 bridgehead atoms. The van der Waals surface area contributed by atoms with Crippen molar-refractivity contribution in [3.8, 4) is 0 Å². The Kier molecular flexibility index (Phi) is 5.33. The van der Waals surface area contributed by atoms with Gasteiger partial charge in [-0.15, -0.1) is 23.7 Å². The monoisotopic (exact) mass is 360 g/mol. The van der Waals surface area contributed by atoms with Crippen LogP contribution in [0.3, 0.4) is 0 Å². The first-order valence-electron chi connectivity index (χ1n) is 8.02. The predicted molar refractivity (Wildman–Crippen MR) is 103 cm³/mol. The van der Waals surface area contributed by atoms with Crippen molar-refractivity contribution in [2.45, 2.75) is 13.5 Å². The van der Waals surface area contributed by atoms with Crippen molar-refractivity contribution >= 4 is 39.8 Å². The van der Waals surface area contributed by atoms with Crippen molar-refractivity contribution in [3.63, 3.8) is 0 Å². The summed E-state index contributed by atoms with van der Waals surface area (Å²) in [6.07, 6.45) is 1.70. The number of anilines is 1. The van der Waals surface area contributed by atoms with Crippen molar-refractivity contribution in [3.05, 3.63) is 53.2 Å². The second-order valence-electron chi connectivity index (χ2n) is 6.02. The molecule has 1 saturated heterocycles. The lowest BCUT2D eigenvalue weighted by Crippen LogP contribution is -2.46. The third kappa shape index (κ3) is 3.53. The number of halogens is 1. The highest BCUT2D eigenvalue weighted by Gasteiger charge is 2.20. The summed E-state index contributed by atoms with van der Waals surface area (Å²) in [5.74, 6) is 1.10. The van der Waals surface area contributed by atoms with Gasteiger partial charge in [0, 0.05) is 37.6 Å². The van der Waals surface area contributed by atoms with Crippen molar-refractivity contribution in [1.82, 2.24) is 14.9 Å². The van der Waals surface area contributed by atoms with Crippen LogP contribution < -0.4 is 4.90 Å². The van der Waals surface area contributed by atoms with Crippen LogP contribution in [0.4, 0.5) is 5.82 Å². The molecule has 4 rings (SSSR count). The second-order valence-corrected chi connectivity index (χ2v) is 7.26. The number of hydrogen-bond donors (Lipinski definition) is 0. The smallest absolute Gasteiger partial charge is 0.140 e. The van der Waals surface area contributed by atoms with E-state index in [0.29, 0.717) is 0 Å². The van der Waals surface area contributed by atoms with Gasteiger partial charge >= 0.3 is 0 Å². The van der Waals surface area contributed by atoms with Gasteiger partial charge in [0.2, 0.25) is 0 Å². The van der Waals surface area contributed by atoms with Crippen molar-refractivity contribution in [1.29, 1.82) is 0 Å². The van der Waals surface area contributed by atoms with Crippen LogP contribution in [0.2, 0.25) is 0 Å². The lowest BCUT2D eigenvalue weighted by Gasteiger charge is -2.35. The van der Waals surface area contributed by atoms with Crippen LogP contribution in [-0.2, 0) is 6.54 Å². The van der Waals surface area contributed by atoms with Crippen molar-refractivity contribution in [2.24, 2.45) is 0 Å². The van der Waals surface area contributed by atoms with E-state index in [4.69, 9.17) is 0 Å². The maximum atomic E-state index is 4.56. The number of aryl methyl sites for hydroxylation is 1.